The Morgan fingerprint density at radius 2 is 1.88 bits per heavy atom. The van der Waals surface area contributed by atoms with Gasteiger partial charge in [-0.2, -0.15) is 0 Å². The van der Waals surface area contributed by atoms with Crippen LogP contribution in [0.15, 0.2) is 54.6 Å². The lowest BCUT2D eigenvalue weighted by Gasteiger charge is -2.12. The molecule has 0 saturated heterocycles. The van der Waals surface area contributed by atoms with Crippen molar-refractivity contribution in [1.29, 1.82) is 0 Å². The molecule has 4 heteroatoms. The number of nitrogens with one attached hydrogen (secondary N) is 1. The zero-order valence-corrected chi connectivity index (χ0v) is 14.0. The van der Waals surface area contributed by atoms with Gasteiger partial charge in [-0.05, 0) is 30.2 Å². The van der Waals surface area contributed by atoms with Crippen molar-refractivity contribution in [3.05, 3.63) is 65.9 Å². The molecule has 0 aliphatic heterocycles. The molecule has 4 nitrogen and oxygen atoms in total. The van der Waals surface area contributed by atoms with Gasteiger partial charge in [0.2, 0.25) is 0 Å². The van der Waals surface area contributed by atoms with Gasteiger partial charge in [-0.25, -0.2) is 0 Å². The first kappa shape index (κ1) is 16.0. The number of benzene rings is 2. The van der Waals surface area contributed by atoms with Crippen LogP contribution in [0, 0.1) is 0 Å². The zero-order valence-electron chi connectivity index (χ0n) is 14.0. The van der Waals surface area contributed by atoms with Crippen molar-refractivity contribution in [2.45, 2.75) is 19.8 Å². The quantitative estimate of drug-likeness (QED) is 0.763. The lowest BCUT2D eigenvalue weighted by Crippen LogP contribution is -2.13. The molecule has 3 aromatic rings. The average molecular weight is 320 g/mol. The second kappa shape index (κ2) is 6.71. The number of amides is 1. The Bertz CT molecular complexity index is 888. The smallest absolute Gasteiger partial charge is 0.256 e. The molecule has 0 saturated carbocycles. The van der Waals surface area contributed by atoms with E-state index in [0.29, 0.717) is 17.0 Å². The van der Waals surface area contributed by atoms with Crippen LogP contribution in [-0.4, -0.2) is 18.0 Å². The minimum Gasteiger partial charge on any atom is -0.497 e. The van der Waals surface area contributed by atoms with E-state index >= 15 is 0 Å². The molecule has 0 aliphatic rings. The fourth-order valence-corrected chi connectivity index (χ4v) is 2.58. The number of pyridine rings is 1. The fourth-order valence-electron chi connectivity index (χ4n) is 2.58. The van der Waals surface area contributed by atoms with Crippen molar-refractivity contribution in [2.75, 3.05) is 12.4 Å². The maximum atomic E-state index is 12.8. The standard InChI is InChI=1S/C20H20N2O2/c1-13(2)19-12-17(16-9-4-5-10-18(16)22-19)20(23)21-14-7-6-8-15(11-14)24-3/h4-13H,1-3H3,(H,21,23). The number of anilines is 1. The zero-order chi connectivity index (χ0) is 17.1. The van der Waals surface area contributed by atoms with E-state index in [4.69, 9.17) is 4.74 Å². The number of fused-ring (bicyclic) bond motifs is 1. The summed E-state index contributed by atoms with van der Waals surface area (Å²) in [5.41, 5.74) is 3.07. The summed E-state index contributed by atoms with van der Waals surface area (Å²) in [6.07, 6.45) is 0. The minimum absolute atomic E-state index is 0.149. The summed E-state index contributed by atoms with van der Waals surface area (Å²) in [7, 11) is 1.60. The Labute approximate surface area is 141 Å². The highest BCUT2D eigenvalue weighted by molar-refractivity contribution is 6.12. The number of carbonyl (C=O) groups excluding carboxylic acids is 1. The first-order chi connectivity index (χ1) is 11.6. The number of rotatable bonds is 4. The van der Waals surface area contributed by atoms with Crippen LogP contribution >= 0.6 is 0 Å². The Kier molecular flexibility index (Phi) is 4.47. The van der Waals surface area contributed by atoms with Crippen LogP contribution in [0.4, 0.5) is 5.69 Å². The Hall–Kier alpha value is -2.88. The minimum atomic E-state index is -0.149. The number of methoxy groups -OCH3 is 1. The SMILES string of the molecule is COc1cccc(NC(=O)c2cc(C(C)C)nc3ccccc23)c1. The maximum Gasteiger partial charge on any atom is 0.256 e. The Morgan fingerprint density at radius 1 is 1.08 bits per heavy atom. The number of aromatic nitrogens is 1. The highest BCUT2D eigenvalue weighted by Gasteiger charge is 2.14. The number of hydrogen-bond acceptors (Lipinski definition) is 3. The molecular weight excluding hydrogens is 300 g/mol. The second-order valence-corrected chi connectivity index (χ2v) is 5.95. The van der Waals surface area contributed by atoms with Crippen molar-refractivity contribution >= 4 is 22.5 Å². The van der Waals surface area contributed by atoms with Gasteiger partial charge in [0, 0.05) is 22.8 Å². The third-order valence-corrected chi connectivity index (χ3v) is 3.90. The van der Waals surface area contributed by atoms with Crippen LogP contribution in [0.3, 0.4) is 0 Å². The molecule has 3 rings (SSSR count). The lowest BCUT2D eigenvalue weighted by atomic mass is 10.0. The van der Waals surface area contributed by atoms with Gasteiger partial charge in [-0.3, -0.25) is 9.78 Å². The van der Waals surface area contributed by atoms with Crippen molar-refractivity contribution in [1.82, 2.24) is 4.98 Å². The summed E-state index contributed by atoms with van der Waals surface area (Å²) in [6, 6.07) is 16.9. The molecule has 0 spiro atoms. The van der Waals surface area contributed by atoms with Gasteiger partial charge >= 0.3 is 0 Å². The fraction of sp³-hybridized carbons (Fsp3) is 0.200. The maximum absolute atomic E-state index is 12.8. The molecule has 1 amide bonds. The van der Waals surface area contributed by atoms with E-state index in [-0.39, 0.29) is 11.8 Å². The third-order valence-electron chi connectivity index (χ3n) is 3.90. The highest BCUT2D eigenvalue weighted by atomic mass is 16.5. The van der Waals surface area contributed by atoms with Crippen molar-refractivity contribution < 1.29 is 9.53 Å². The molecule has 0 bridgehead atoms. The van der Waals surface area contributed by atoms with Gasteiger partial charge in [0.1, 0.15) is 5.75 Å². The Balaban J connectivity index is 2.02. The average Bonchev–Trinajstić information content (AvgIpc) is 2.60. The van der Waals surface area contributed by atoms with Gasteiger partial charge in [-0.1, -0.05) is 38.1 Å². The molecule has 0 atom stereocenters. The van der Waals surface area contributed by atoms with Gasteiger partial charge in [0.25, 0.3) is 5.91 Å². The molecule has 0 unspecified atom stereocenters. The summed E-state index contributed by atoms with van der Waals surface area (Å²) < 4.78 is 5.20. The van der Waals surface area contributed by atoms with E-state index in [1.807, 2.05) is 48.5 Å². The molecule has 0 aliphatic carbocycles. The summed E-state index contributed by atoms with van der Waals surface area (Å²) in [6.45, 7) is 4.14. The van der Waals surface area contributed by atoms with Crippen molar-refractivity contribution in [3.63, 3.8) is 0 Å². The topological polar surface area (TPSA) is 51.2 Å². The lowest BCUT2D eigenvalue weighted by molar-refractivity contribution is 0.102. The number of hydrogen-bond donors (Lipinski definition) is 1. The normalized spacial score (nSPS) is 10.8. The third kappa shape index (κ3) is 3.23. The van der Waals surface area contributed by atoms with E-state index in [2.05, 4.69) is 24.1 Å². The first-order valence-corrected chi connectivity index (χ1v) is 7.93. The molecule has 0 radical (unpaired) electrons. The van der Waals surface area contributed by atoms with Crippen LogP contribution in [0.2, 0.25) is 0 Å². The highest BCUT2D eigenvalue weighted by Crippen LogP contribution is 2.24. The van der Waals surface area contributed by atoms with Crippen molar-refractivity contribution in [2.24, 2.45) is 0 Å². The van der Waals surface area contributed by atoms with E-state index in [1.165, 1.54) is 0 Å². The molecule has 24 heavy (non-hydrogen) atoms. The van der Waals surface area contributed by atoms with Gasteiger partial charge < -0.3 is 10.1 Å². The predicted molar refractivity (Wildman–Crippen MR) is 96.8 cm³/mol. The first-order valence-electron chi connectivity index (χ1n) is 7.93. The number of nitrogens with zero attached hydrogens (tertiary/aromatic N) is 1. The van der Waals surface area contributed by atoms with Crippen LogP contribution in [0.25, 0.3) is 10.9 Å². The number of ether oxygens (including phenoxy) is 1. The summed E-state index contributed by atoms with van der Waals surface area (Å²) in [5, 5.41) is 3.79. The van der Waals surface area contributed by atoms with E-state index in [0.717, 1.165) is 16.6 Å². The van der Waals surface area contributed by atoms with Crippen LogP contribution < -0.4 is 10.1 Å². The summed E-state index contributed by atoms with van der Waals surface area (Å²) in [4.78, 5) is 17.5. The van der Waals surface area contributed by atoms with Gasteiger partial charge in [0.05, 0.1) is 18.2 Å². The van der Waals surface area contributed by atoms with Gasteiger partial charge in [0.15, 0.2) is 0 Å². The summed E-state index contributed by atoms with van der Waals surface area (Å²) >= 11 is 0. The number of carbonyl (C=O) groups is 1. The van der Waals surface area contributed by atoms with Crippen molar-refractivity contribution in [3.8, 4) is 5.75 Å². The van der Waals surface area contributed by atoms with E-state index < -0.39 is 0 Å². The van der Waals surface area contributed by atoms with Crippen LogP contribution in [-0.2, 0) is 0 Å². The Morgan fingerprint density at radius 3 is 2.62 bits per heavy atom. The molecule has 2 aromatic carbocycles. The van der Waals surface area contributed by atoms with Crippen LogP contribution in [0.1, 0.15) is 35.8 Å². The molecular formula is C20H20N2O2. The summed E-state index contributed by atoms with van der Waals surface area (Å²) in [5.74, 6) is 0.803. The van der Waals surface area contributed by atoms with Gasteiger partial charge in [-0.15, -0.1) is 0 Å². The molecule has 0 fully saturated rings. The monoisotopic (exact) mass is 320 g/mol. The largest absolute Gasteiger partial charge is 0.497 e. The molecule has 1 heterocycles. The predicted octanol–water partition coefficient (Wildman–Crippen LogP) is 4.62. The second-order valence-electron chi connectivity index (χ2n) is 5.95. The number of para-hydroxylation sites is 1. The molecule has 1 aromatic heterocycles. The molecule has 122 valence electrons. The molecule has 1 N–H and O–H groups in total. The van der Waals surface area contributed by atoms with E-state index in [9.17, 15) is 4.79 Å². The van der Waals surface area contributed by atoms with E-state index in [1.54, 1.807) is 13.2 Å². The van der Waals surface area contributed by atoms with Crippen LogP contribution in [0.5, 0.6) is 5.75 Å².